The van der Waals surface area contributed by atoms with E-state index >= 15 is 0 Å². The average molecular weight is 745 g/mol. The third-order valence-corrected chi connectivity index (χ3v) is 8.98. The van der Waals surface area contributed by atoms with Gasteiger partial charge < -0.3 is 41.7 Å². The first-order valence-corrected chi connectivity index (χ1v) is 17.9. The first kappa shape index (κ1) is 42.1. The molecule has 0 saturated heterocycles. The van der Waals surface area contributed by atoms with Crippen molar-refractivity contribution in [3.63, 3.8) is 0 Å². The molecular formula is C33H44N8O8S2. The number of rotatable bonds is 18. The highest BCUT2D eigenvalue weighted by Gasteiger charge is 2.17. The predicted molar refractivity (Wildman–Crippen MR) is 198 cm³/mol. The number of anilines is 2. The van der Waals surface area contributed by atoms with E-state index in [0.717, 1.165) is 23.5 Å². The van der Waals surface area contributed by atoms with Crippen molar-refractivity contribution in [1.82, 2.24) is 31.1 Å². The van der Waals surface area contributed by atoms with Crippen LogP contribution in [-0.4, -0.2) is 135 Å². The van der Waals surface area contributed by atoms with E-state index in [1.807, 2.05) is 0 Å². The zero-order chi connectivity index (χ0) is 38.1. The molecule has 0 aliphatic carbocycles. The van der Waals surface area contributed by atoms with E-state index < -0.39 is 35.4 Å². The molecule has 0 aliphatic rings. The van der Waals surface area contributed by atoms with Crippen molar-refractivity contribution >= 4 is 82.2 Å². The average Bonchev–Trinajstić information content (AvgIpc) is 3.12. The van der Waals surface area contributed by atoms with Crippen LogP contribution in [0.3, 0.4) is 0 Å². The van der Waals surface area contributed by atoms with Crippen LogP contribution in [0.5, 0.6) is 0 Å². The van der Waals surface area contributed by atoms with Gasteiger partial charge in [-0.05, 0) is 42.8 Å². The second kappa shape index (κ2) is 21.2. The molecule has 2 aromatic rings. The van der Waals surface area contributed by atoms with Gasteiger partial charge in [0, 0.05) is 89.0 Å². The third kappa shape index (κ3) is 14.0. The van der Waals surface area contributed by atoms with Gasteiger partial charge in [0.2, 0.25) is 23.6 Å². The van der Waals surface area contributed by atoms with E-state index in [-0.39, 0.29) is 68.5 Å². The lowest BCUT2D eigenvalue weighted by Gasteiger charge is -2.21. The van der Waals surface area contributed by atoms with E-state index in [9.17, 15) is 38.4 Å². The van der Waals surface area contributed by atoms with Crippen molar-refractivity contribution < 1.29 is 38.4 Å². The summed E-state index contributed by atoms with van der Waals surface area (Å²) in [4.78, 5) is 102. The van der Waals surface area contributed by atoms with Crippen molar-refractivity contribution in [1.29, 1.82) is 0 Å². The fourth-order valence-corrected chi connectivity index (χ4v) is 5.88. The van der Waals surface area contributed by atoms with Gasteiger partial charge in [-0.1, -0.05) is 0 Å². The molecule has 0 aromatic heterocycles. The summed E-state index contributed by atoms with van der Waals surface area (Å²) in [7, 11) is 9.07. The van der Waals surface area contributed by atoms with E-state index in [1.54, 1.807) is 14.1 Å². The van der Waals surface area contributed by atoms with E-state index in [2.05, 4.69) is 31.9 Å². The zero-order valence-corrected chi connectivity index (χ0v) is 31.0. The van der Waals surface area contributed by atoms with Crippen LogP contribution in [0.25, 0.3) is 0 Å². The van der Waals surface area contributed by atoms with Crippen molar-refractivity contribution in [3.05, 3.63) is 58.7 Å². The lowest BCUT2D eigenvalue weighted by atomic mass is 10.1. The van der Waals surface area contributed by atoms with Crippen LogP contribution in [0.15, 0.2) is 36.4 Å². The smallest absolute Gasteiger partial charge is 0.251 e. The third-order valence-electron chi connectivity index (χ3n) is 7.15. The molecule has 18 heteroatoms. The molecule has 0 bridgehead atoms. The summed E-state index contributed by atoms with van der Waals surface area (Å²) >= 11 is 2.22. The Hall–Kier alpha value is -5.10. The van der Waals surface area contributed by atoms with Crippen LogP contribution in [0.1, 0.15) is 47.9 Å². The molecule has 6 N–H and O–H groups in total. The molecule has 276 valence electrons. The molecule has 0 saturated carbocycles. The lowest BCUT2D eigenvalue weighted by molar-refractivity contribution is -0.127. The summed E-state index contributed by atoms with van der Waals surface area (Å²) in [6.45, 7) is 0.751. The van der Waals surface area contributed by atoms with Gasteiger partial charge >= 0.3 is 0 Å². The maximum Gasteiger partial charge on any atom is 0.251 e. The highest BCUT2D eigenvalue weighted by Crippen LogP contribution is 2.18. The Morgan fingerprint density at radius 1 is 0.490 bits per heavy atom. The van der Waals surface area contributed by atoms with Gasteiger partial charge in [-0.15, -0.1) is 23.5 Å². The Morgan fingerprint density at radius 3 is 1.06 bits per heavy atom. The molecule has 0 heterocycles. The number of carbonyl (C=O) groups is 8. The van der Waals surface area contributed by atoms with Crippen molar-refractivity contribution in [3.8, 4) is 0 Å². The van der Waals surface area contributed by atoms with Crippen LogP contribution in [-0.2, 0) is 19.2 Å². The first-order chi connectivity index (χ1) is 24.2. The summed E-state index contributed by atoms with van der Waals surface area (Å²) < 4.78 is 0. The normalized spacial score (nSPS) is 10.3. The van der Waals surface area contributed by atoms with Gasteiger partial charge in [0.05, 0.1) is 23.0 Å². The van der Waals surface area contributed by atoms with Gasteiger partial charge in [-0.25, -0.2) is 0 Å². The highest BCUT2D eigenvalue weighted by molar-refractivity contribution is 8.00. The first-order valence-electron chi connectivity index (χ1n) is 15.6. The predicted octanol–water partition coefficient (Wildman–Crippen LogP) is 0.476. The fourth-order valence-electron chi connectivity index (χ4n) is 4.37. The number of nitrogens with zero attached hydrogens (tertiary/aromatic N) is 2. The minimum absolute atomic E-state index is 0.0362. The minimum atomic E-state index is -0.419. The van der Waals surface area contributed by atoms with E-state index in [0.29, 0.717) is 19.5 Å². The number of amides is 8. The van der Waals surface area contributed by atoms with Gasteiger partial charge in [0.25, 0.3) is 23.6 Å². The molecule has 51 heavy (non-hydrogen) atoms. The fraction of sp³-hybridized carbons (Fsp3) is 0.394. The quantitative estimate of drug-likeness (QED) is 0.124. The summed E-state index contributed by atoms with van der Waals surface area (Å²) in [6.07, 6.45) is 0.505. The second-order valence-corrected chi connectivity index (χ2v) is 13.0. The SMILES string of the molecule is CNC(=O)c1cc(NC(=O)CSCC(=O)N(C)CCCN(C)C(=O)CSCC(=O)Nc2cc(C(=O)NC)cc(C(=O)NC)c2)cc(C(=O)NC)c1. The molecule has 0 unspecified atom stereocenters. The molecule has 8 amide bonds. The largest absolute Gasteiger partial charge is 0.355 e. The number of hydrogen-bond acceptors (Lipinski definition) is 10. The highest BCUT2D eigenvalue weighted by atomic mass is 32.2. The van der Waals surface area contributed by atoms with Crippen molar-refractivity contribution in [2.24, 2.45) is 0 Å². The monoisotopic (exact) mass is 744 g/mol. The van der Waals surface area contributed by atoms with Gasteiger partial charge in [0.15, 0.2) is 0 Å². The Bertz CT molecular complexity index is 1450. The lowest BCUT2D eigenvalue weighted by Crippen LogP contribution is -2.34. The van der Waals surface area contributed by atoms with Crippen LogP contribution in [0.2, 0.25) is 0 Å². The number of benzene rings is 2. The van der Waals surface area contributed by atoms with Crippen molar-refractivity contribution in [2.45, 2.75) is 6.42 Å². The van der Waals surface area contributed by atoms with E-state index in [1.165, 1.54) is 74.4 Å². The molecule has 2 rings (SSSR count). The van der Waals surface area contributed by atoms with Crippen LogP contribution in [0.4, 0.5) is 11.4 Å². The molecule has 0 spiro atoms. The standard InChI is InChI=1S/C33H44N8O8S2/c1-34-30(46)20-10-21(31(47)35-2)13-24(12-20)38-26(42)16-50-18-28(44)40(5)8-7-9-41(6)29(45)19-51-17-27(43)39-25-14-22(32(48)36-3)11-23(15-25)33(49)37-4/h10-15H,7-9,16-19H2,1-6H3,(H,34,46)(H,35,47)(H,36,48)(H,37,49)(H,38,42)(H,39,43). The van der Waals surface area contributed by atoms with Gasteiger partial charge in [-0.3, -0.25) is 38.4 Å². The zero-order valence-electron chi connectivity index (χ0n) is 29.4. The van der Waals surface area contributed by atoms with E-state index in [4.69, 9.17) is 0 Å². The summed E-state index contributed by atoms with van der Waals surface area (Å²) in [5, 5.41) is 15.2. The van der Waals surface area contributed by atoms with Gasteiger partial charge in [0.1, 0.15) is 0 Å². The number of thioether (sulfide) groups is 2. The maximum absolute atomic E-state index is 12.6. The summed E-state index contributed by atoms with van der Waals surface area (Å²) in [5.41, 5.74) is 1.35. The maximum atomic E-state index is 12.6. The Labute approximate surface area is 305 Å². The summed E-state index contributed by atoms with van der Waals surface area (Å²) in [5.74, 6) is -2.88. The Balaban J connectivity index is 1.73. The van der Waals surface area contributed by atoms with Crippen molar-refractivity contribution in [2.75, 3.05) is 89.0 Å². The Morgan fingerprint density at radius 2 is 0.784 bits per heavy atom. The van der Waals surface area contributed by atoms with Crippen LogP contribution >= 0.6 is 23.5 Å². The number of nitrogens with one attached hydrogen (secondary N) is 6. The Kier molecular flexibility index (Phi) is 17.5. The van der Waals surface area contributed by atoms with Crippen LogP contribution < -0.4 is 31.9 Å². The molecule has 0 atom stereocenters. The molecule has 0 fully saturated rings. The number of hydrogen-bond donors (Lipinski definition) is 6. The molecular weight excluding hydrogens is 701 g/mol. The minimum Gasteiger partial charge on any atom is -0.355 e. The number of carbonyl (C=O) groups excluding carboxylic acids is 8. The molecule has 2 aromatic carbocycles. The second-order valence-electron chi connectivity index (χ2n) is 11.0. The summed E-state index contributed by atoms with van der Waals surface area (Å²) in [6, 6.07) is 8.63. The molecule has 16 nitrogen and oxygen atoms in total. The van der Waals surface area contributed by atoms with Gasteiger partial charge in [-0.2, -0.15) is 0 Å². The molecule has 0 aliphatic heterocycles. The molecule has 0 radical (unpaired) electrons. The van der Waals surface area contributed by atoms with Crippen LogP contribution in [0, 0.1) is 0 Å². The topological polar surface area (TPSA) is 215 Å².